The number of aromatic nitrogens is 4. The Kier molecular flexibility index (Phi) is 3.36. The van der Waals surface area contributed by atoms with Crippen LogP contribution in [0.3, 0.4) is 0 Å². The summed E-state index contributed by atoms with van der Waals surface area (Å²) >= 11 is 0. The molecule has 3 aromatic rings. The molecule has 140 valence electrons. The Balaban J connectivity index is 1.70. The summed E-state index contributed by atoms with van der Waals surface area (Å²) in [5, 5.41) is 8.63. The van der Waals surface area contributed by atoms with Gasteiger partial charge in [0.1, 0.15) is 11.3 Å². The van der Waals surface area contributed by atoms with E-state index in [1.807, 2.05) is 37.6 Å². The molecule has 0 aliphatic heterocycles. The fourth-order valence-electron chi connectivity index (χ4n) is 6.28. The molecule has 5 nitrogen and oxygen atoms in total. The summed E-state index contributed by atoms with van der Waals surface area (Å²) in [7, 11) is 1.86. The minimum absolute atomic E-state index is 0.0366. The number of pyridine rings is 2. The average molecular weight is 362 g/mol. The fraction of sp³-hybridized carbons (Fsp3) is 0.500. The van der Waals surface area contributed by atoms with E-state index < -0.39 is 0 Å². The highest BCUT2D eigenvalue weighted by Crippen LogP contribution is 2.72. The summed E-state index contributed by atoms with van der Waals surface area (Å²) in [5.74, 6) is 0.669. The zero-order chi connectivity index (χ0) is 18.9. The Labute approximate surface area is 159 Å². The first kappa shape index (κ1) is 16.9. The number of methoxy groups -OCH3 is 1. The summed E-state index contributed by atoms with van der Waals surface area (Å²) < 4.78 is 8.18. The van der Waals surface area contributed by atoms with Crippen molar-refractivity contribution in [3.05, 3.63) is 48.3 Å². The van der Waals surface area contributed by atoms with Crippen LogP contribution in [0.4, 0.5) is 0 Å². The standard InChI is InChI=1S/C22H26N4O/c1-20(2)15-11-12-21(3,14-15)22(20,27-4)18-10-7-8-16(23-18)19-17-9-5-6-13-26(17)25-24-19/h5-10,13,15H,11-12,14H2,1-4H3. The molecule has 5 heteroatoms. The molecule has 0 amide bonds. The SMILES string of the molecule is COC1(c2cccc(-c3nnn4ccccc34)n2)C2(C)CCC(C2)C1(C)C. The molecule has 27 heavy (non-hydrogen) atoms. The summed E-state index contributed by atoms with van der Waals surface area (Å²) in [6, 6.07) is 12.2. The highest BCUT2D eigenvalue weighted by molar-refractivity contribution is 5.73. The first-order valence-corrected chi connectivity index (χ1v) is 9.76. The quantitative estimate of drug-likeness (QED) is 0.689. The van der Waals surface area contributed by atoms with E-state index in [0.29, 0.717) is 5.92 Å². The van der Waals surface area contributed by atoms with Gasteiger partial charge in [0, 0.05) is 24.1 Å². The third-order valence-corrected chi connectivity index (χ3v) is 7.50. The van der Waals surface area contributed by atoms with E-state index in [1.54, 1.807) is 4.52 Å². The molecule has 2 fully saturated rings. The lowest BCUT2D eigenvalue weighted by Gasteiger charge is -2.52. The van der Waals surface area contributed by atoms with Crippen molar-refractivity contribution >= 4 is 5.52 Å². The topological polar surface area (TPSA) is 52.3 Å². The van der Waals surface area contributed by atoms with Gasteiger partial charge in [-0.1, -0.05) is 38.1 Å². The van der Waals surface area contributed by atoms with Crippen LogP contribution in [0.15, 0.2) is 42.6 Å². The van der Waals surface area contributed by atoms with Gasteiger partial charge in [-0.15, -0.1) is 5.10 Å². The summed E-state index contributed by atoms with van der Waals surface area (Å²) in [6.45, 7) is 7.09. The highest BCUT2D eigenvalue weighted by Gasteiger charge is 2.70. The van der Waals surface area contributed by atoms with Gasteiger partial charge < -0.3 is 4.74 Å². The first-order valence-electron chi connectivity index (χ1n) is 9.76. The molecule has 2 aliphatic carbocycles. The van der Waals surface area contributed by atoms with Gasteiger partial charge in [-0.25, -0.2) is 9.50 Å². The lowest BCUT2D eigenvalue weighted by atomic mass is 9.58. The lowest BCUT2D eigenvalue weighted by molar-refractivity contribution is -0.177. The molecular formula is C22H26N4O. The maximum atomic E-state index is 6.39. The molecule has 0 radical (unpaired) electrons. The molecule has 2 aliphatic rings. The van der Waals surface area contributed by atoms with Crippen LogP contribution >= 0.6 is 0 Å². The molecule has 0 N–H and O–H groups in total. The van der Waals surface area contributed by atoms with Crippen LogP contribution in [0.5, 0.6) is 0 Å². The molecule has 0 saturated heterocycles. The van der Waals surface area contributed by atoms with Crippen LogP contribution in [-0.4, -0.2) is 26.9 Å². The highest BCUT2D eigenvalue weighted by atomic mass is 16.5. The Morgan fingerprint density at radius 3 is 2.70 bits per heavy atom. The minimum atomic E-state index is -0.387. The molecule has 3 atom stereocenters. The van der Waals surface area contributed by atoms with Gasteiger partial charge in [0.15, 0.2) is 0 Å². The van der Waals surface area contributed by atoms with Crippen LogP contribution in [-0.2, 0) is 10.3 Å². The number of ether oxygens (including phenoxy) is 1. The van der Waals surface area contributed by atoms with Gasteiger partial charge in [-0.2, -0.15) is 0 Å². The molecule has 5 rings (SSSR count). The van der Waals surface area contributed by atoms with Crippen molar-refractivity contribution in [3.63, 3.8) is 0 Å². The Morgan fingerprint density at radius 2 is 1.96 bits per heavy atom. The predicted molar refractivity (Wildman–Crippen MR) is 104 cm³/mol. The largest absolute Gasteiger partial charge is 0.371 e. The molecule has 2 bridgehead atoms. The van der Waals surface area contributed by atoms with Crippen molar-refractivity contribution < 1.29 is 4.74 Å². The Morgan fingerprint density at radius 1 is 1.11 bits per heavy atom. The predicted octanol–water partition coefficient (Wildman–Crippen LogP) is 4.48. The second-order valence-corrected chi connectivity index (χ2v) is 8.98. The van der Waals surface area contributed by atoms with Gasteiger partial charge in [-0.05, 0) is 49.4 Å². The molecule has 0 aromatic carbocycles. The minimum Gasteiger partial charge on any atom is -0.371 e. The molecule has 0 spiro atoms. The Hall–Kier alpha value is -2.27. The number of nitrogens with zero attached hydrogens (tertiary/aromatic N) is 4. The second kappa shape index (κ2) is 5.38. The normalized spacial score (nSPS) is 31.6. The van der Waals surface area contributed by atoms with Crippen LogP contribution in [0.25, 0.3) is 16.9 Å². The zero-order valence-electron chi connectivity index (χ0n) is 16.4. The van der Waals surface area contributed by atoms with E-state index in [1.165, 1.54) is 19.3 Å². The van der Waals surface area contributed by atoms with E-state index in [2.05, 4.69) is 43.2 Å². The van der Waals surface area contributed by atoms with Gasteiger partial charge in [0.2, 0.25) is 0 Å². The number of hydrogen-bond acceptors (Lipinski definition) is 4. The molecule has 3 unspecified atom stereocenters. The van der Waals surface area contributed by atoms with Gasteiger partial charge >= 0.3 is 0 Å². The molecule has 2 saturated carbocycles. The van der Waals surface area contributed by atoms with Crippen molar-refractivity contribution in [3.8, 4) is 11.4 Å². The van der Waals surface area contributed by atoms with Crippen molar-refractivity contribution in [2.45, 2.75) is 45.6 Å². The van der Waals surface area contributed by atoms with Crippen molar-refractivity contribution in [1.29, 1.82) is 0 Å². The van der Waals surface area contributed by atoms with Crippen LogP contribution < -0.4 is 0 Å². The lowest BCUT2D eigenvalue weighted by Crippen LogP contribution is -2.53. The number of rotatable bonds is 3. The van der Waals surface area contributed by atoms with Crippen molar-refractivity contribution in [2.24, 2.45) is 16.7 Å². The van der Waals surface area contributed by atoms with Crippen molar-refractivity contribution in [2.75, 3.05) is 7.11 Å². The van der Waals surface area contributed by atoms with E-state index >= 15 is 0 Å². The maximum Gasteiger partial charge on any atom is 0.139 e. The van der Waals surface area contributed by atoms with Gasteiger partial charge in [0.05, 0.1) is 16.9 Å². The zero-order valence-corrected chi connectivity index (χ0v) is 16.4. The number of hydrogen-bond donors (Lipinski definition) is 0. The van der Waals surface area contributed by atoms with Gasteiger partial charge in [0.25, 0.3) is 0 Å². The van der Waals surface area contributed by atoms with E-state index in [9.17, 15) is 0 Å². The van der Waals surface area contributed by atoms with Crippen molar-refractivity contribution in [1.82, 2.24) is 19.8 Å². The first-order chi connectivity index (χ1) is 12.9. The monoisotopic (exact) mass is 362 g/mol. The summed E-state index contributed by atoms with van der Waals surface area (Å²) in [5.41, 5.74) is 3.41. The third-order valence-electron chi connectivity index (χ3n) is 7.50. The molecule has 3 heterocycles. The molecular weight excluding hydrogens is 336 g/mol. The van der Waals surface area contributed by atoms with E-state index in [-0.39, 0.29) is 16.4 Å². The second-order valence-electron chi connectivity index (χ2n) is 8.98. The van der Waals surface area contributed by atoms with Crippen LogP contribution in [0.2, 0.25) is 0 Å². The van der Waals surface area contributed by atoms with E-state index in [4.69, 9.17) is 9.72 Å². The average Bonchev–Trinajstić information content (AvgIpc) is 3.31. The van der Waals surface area contributed by atoms with Gasteiger partial charge in [-0.3, -0.25) is 0 Å². The molecule has 3 aromatic heterocycles. The smallest absolute Gasteiger partial charge is 0.139 e. The Bertz CT molecular complexity index is 1020. The number of fused-ring (bicyclic) bond motifs is 3. The fourth-order valence-corrected chi connectivity index (χ4v) is 6.28. The maximum absolute atomic E-state index is 6.39. The van der Waals surface area contributed by atoms with Crippen LogP contribution in [0.1, 0.15) is 45.7 Å². The summed E-state index contributed by atoms with van der Waals surface area (Å²) in [4.78, 5) is 5.11. The third kappa shape index (κ3) is 1.95. The van der Waals surface area contributed by atoms with E-state index in [0.717, 1.165) is 22.6 Å². The van der Waals surface area contributed by atoms with Crippen LogP contribution in [0, 0.1) is 16.7 Å². The summed E-state index contributed by atoms with van der Waals surface area (Å²) in [6.07, 6.45) is 5.58.